The third kappa shape index (κ3) is 6.74. The summed E-state index contributed by atoms with van der Waals surface area (Å²) in [5.41, 5.74) is 8.76. The summed E-state index contributed by atoms with van der Waals surface area (Å²) in [6.45, 7) is 11.2. The van der Waals surface area contributed by atoms with Crippen molar-refractivity contribution in [1.82, 2.24) is 4.90 Å². The topological polar surface area (TPSA) is 43.8 Å². The summed E-state index contributed by atoms with van der Waals surface area (Å²) in [5.74, 6) is -0.110. The van der Waals surface area contributed by atoms with Gasteiger partial charge >= 0.3 is 5.97 Å². The highest BCUT2D eigenvalue weighted by atomic mass is 32.1. The minimum absolute atomic E-state index is 0.393. The molecule has 2 heterocycles. The third-order valence-electron chi connectivity index (χ3n) is 8.59. The average molecular weight is 567 g/mol. The number of rotatable bonds is 11. The number of fused-ring (bicyclic) bond motifs is 1. The smallest absolute Gasteiger partial charge is 0.321 e. The molecule has 0 saturated carbocycles. The van der Waals surface area contributed by atoms with Gasteiger partial charge in [0, 0.05) is 36.2 Å². The van der Waals surface area contributed by atoms with Crippen molar-refractivity contribution >= 4 is 23.0 Å². The van der Waals surface area contributed by atoms with E-state index in [1.165, 1.54) is 51.2 Å². The number of carboxylic acids is 1. The second-order valence-corrected chi connectivity index (χ2v) is 12.6. The zero-order valence-electron chi connectivity index (χ0n) is 24.7. The van der Waals surface area contributed by atoms with Gasteiger partial charge < -0.3 is 10.0 Å². The molecule has 4 nitrogen and oxygen atoms in total. The van der Waals surface area contributed by atoms with Crippen LogP contribution in [0.5, 0.6) is 0 Å². The van der Waals surface area contributed by atoms with E-state index in [9.17, 15) is 9.90 Å². The highest BCUT2D eigenvalue weighted by Crippen LogP contribution is 2.31. The molecule has 5 heteroatoms. The number of hydrogen-bond donors (Lipinski definition) is 1. The first-order valence-corrected chi connectivity index (χ1v) is 15.8. The van der Waals surface area contributed by atoms with Gasteiger partial charge in [-0.25, -0.2) is 0 Å². The van der Waals surface area contributed by atoms with Crippen LogP contribution in [0.3, 0.4) is 0 Å². The lowest BCUT2D eigenvalue weighted by Crippen LogP contribution is -2.44. The van der Waals surface area contributed by atoms with Gasteiger partial charge in [-0.2, -0.15) is 0 Å². The van der Waals surface area contributed by atoms with Crippen LogP contribution in [-0.4, -0.2) is 28.1 Å². The average Bonchev–Trinajstić information content (AvgIpc) is 3.45. The number of nitrogens with zero attached hydrogens (tertiary/aromatic N) is 2. The molecule has 5 rings (SSSR count). The maximum Gasteiger partial charge on any atom is 0.321 e. The van der Waals surface area contributed by atoms with Crippen molar-refractivity contribution in [3.05, 3.63) is 111 Å². The van der Waals surface area contributed by atoms with E-state index in [2.05, 4.69) is 110 Å². The van der Waals surface area contributed by atoms with E-state index >= 15 is 0 Å². The first-order chi connectivity index (χ1) is 19.9. The SMILES string of the molecule is CCC(CC)c1ccc(N(Cc2ccc(-c3csc(CN4Cc5ccccc5C[C@H]4C(=O)O)c3)cc2)C(C)C)cc1. The quantitative estimate of drug-likeness (QED) is 0.197. The zero-order chi connectivity index (χ0) is 28.9. The molecule has 0 aliphatic carbocycles. The van der Waals surface area contributed by atoms with Crippen molar-refractivity contribution in [2.75, 3.05) is 4.90 Å². The number of thiophene rings is 1. The Kier molecular flexibility index (Phi) is 9.26. The normalized spacial score (nSPS) is 15.3. The Morgan fingerprint density at radius 2 is 1.63 bits per heavy atom. The standard InChI is InChI=1S/C36H42N2O2S/c1-5-27(6-2)28-15-17-33(18-16-28)38(25(3)4)21-26-11-13-29(14-12-26)32-19-34(41-24-32)23-37-22-31-10-8-7-9-30(31)20-35(37)36(39)40/h7-19,24-25,27,35H,5-6,20-23H2,1-4H3,(H,39,40)/t35-/m0/s1. The molecule has 0 spiro atoms. The highest BCUT2D eigenvalue weighted by Gasteiger charge is 2.31. The summed E-state index contributed by atoms with van der Waals surface area (Å²) in [6.07, 6.45) is 2.91. The molecular formula is C36H42N2O2S. The van der Waals surface area contributed by atoms with E-state index in [-0.39, 0.29) is 0 Å². The van der Waals surface area contributed by atoms with Crippen LogP contribution < -0.4 is 4.90 Å². The summed E-state index contributed by atoms with van der Waals surface area (Å²) in [7, 11) is 0. The molecule has 3 aromatic carbocycles. The van der Waals surface area contributed by atoms with Gasteiger partial charge in [0.15, 0.2) is 0 Å². The van der Waals surface area contributed by atoms with Crippen molar-refractivity contribution in [3.63, 3.8) is 0 Å². The van der Waals surface area contributed by atoms with Crippen LogP contribution in [0.4, 0.5) is 5.69 Å². The molecule has 0 saturated heterocycles. The Morgan fingerprint density at radius 3 is 2.27 bits per heavy atom. The number of benzene rings is 3. The molecule has 41 heavy (non-hydrogen) atoms. The van der Waals surface area contributed by atoms with Gasteiger partial charge in [-0.15, -0.1) is 11.3 Å². The van der Waals surface area contributed by atoms with Crippen LogP contribution in [0.1, 0.15) is 73.6 Å². The molecule has 1 N–H and O–H groups in total. The van der Waals surface area contributed by atoms with Crippen LogP contribution in [0.25, 0.3) is 11.1 Å². The fraction of sp³-hybridized carbons (Fsp3) is 0.361. The number of anilines is 1. The minimum Gasteiger partial charge on any atom is -0.480 e. The van der Waals surface area contributed by atoms with Gasteiger partial charge in [0.25, 0.3) is 0 Å². The molecule has 0 amide bonds. The minimum atomic E-state index is -0.746. The van der Waals surface area contributed by atoms with E-state index in [1.807, 2.05) is 12.1 Å². The summed E-state index contributed by atoms with van der Waals surface area (Å²) in [5, 5.41) is 12.1. The lowest BCUT2D eigenvalue weighted by Gasteiger charge is -2.34. The summed E-state index contributed by atoms with van der Waals surface area (Å²) >= 11 is 1.71. The maximum absolute atomic E-state index is 12.1. The summed E-state index contributed by atoms with van der Waals surface area (Å²) in [6, 6.07) is 28.4. The number of aliphatic carboxylic acids is 1. The fourth-order valence-corrected chi connectivity index (χ4v) is 6.99. The van der Waals surface area contributed by atoms with Crippen LogP contribution in [-0.2, 0) is 30.8 Å². The van der Waals surface area contributed by atoms with Crippen molar-refractivity contribution in [2.24, 2.45) is 0 Å². The van der Waals surface area contributed by atoms with Crippen molar-refractivity contribution < 1.29 is 9.90 Å². The van der Waals surface area contributed by atoms with Gasteiger partial charge in [-0.1, -0.05) is 74.5 Å². The lowest BCUT2D eigenvalue weighted by atomic mass is 9.94. The molecule has 1 aromatic heterocycles. The molecule has 1 aliphatic heterocycles. The van der Waals surface area contributed by atoms with Crippen molar-refractivity contribution in [1.29, 1.82) is 0 Å². The molecule has 0 bridgehead atoms. The number of carboxylic acid groups (broad SMARTS) is 1. The summed E-state index contributed by atoms with van der Waals surface area (Å²) < 4.78 is 0. The van der Waals surface area contributed by atoms with Crippen LogP contribution in [0.15, 0.2) is 84.2 Å². The van der Waals surface area contributed by atoms with Crippen molar-refractivity contribution in [3.8, 4) is 11.1 Å². The van der Waals surface area contributed by atoms with Gasteiger partial charge in [0.05, 0.1) is 0 Å². The first kappa shape index (κ1) is 29.1. The Morgan fingerprint density at radius 1 is 0.951 bits per heavy atom. The van der Waals surface area contributed by atoms with E-state index < -0.39 is 12.0 Å². The second kappa shape index (κ2) is 13.1. The lowest BCUT2D eigenvalue weighted by molar-refractivity contribution is -0.144. The first-order valence-electron chi connectivity index (χ1n) is 14.9. The van der Waals surface area contributed by atoms with Crippen LogP contribution >= 0.6 is 11.3 Å². The van der Waals surface area contributed by atoms with E-state index in [0.717, 1.165) is 12.1 Å². The molecule has 0 fully saturated rings. The third-order valence-corrected chi connectivity index (χ3v) is 9.51. The Balaban J connectivity index is 1.26. The van der Waals surface area contributed by atoms with E-state index in [4.69, 9.17) is 0 Å². The second-order valence-electron chi connectivity index (χ2n) is 11.6. The molecule has 1 aliphatic rings. The molecule has 0 unspecified atom stereocenters. The fourth-order valence-electron chi connectivity index (χ4n) is 6.07. The Labute approximate surface area is 249 Å². The number of carbonyl (C=O) groups is 1. The van der Waals surface area contributed by atoms with Gasteiger partial charge in [-0.3, -0.25) is 9.69 Å². The molecule has 1 atom stereocenters. The highest BCUT2D eigenvalue weighted by molar-refractivity contribution is 7.10. The van der Waals surface area contributed by atoms with Crippen LogP contribution in [0.2, 0.25) is 0 Å². The van der Waals surface area contributed by atoms with Crippen molar-refractivity contribution in [2.45, 2.75) is 84.6 Å². The molecular weight excluding hydrogens is 524 g/mol. The molecule has 0 radical (unpaired) electrons. The Bertz CT molecular complexity index is 1440. The monoisotopic (exact) mass is 566 g/mol. The zero-order valence-corrected chi connectivity index (χ0v) is 25.5. The largest absolute Gasteiger partial charge is 0.480 e. The van der Waals surface area contributed by atoms with Gasteiger partial charge in [0.2, 0.25) is 0 Å². The maximum atomic E-state index is 12.1. The molecule has 4 aromatic rings. The van der Waals surface area contributed by atoms with Gasteiger partial charge in [-0.05, 0) is 96.0 Å². The van der Waals surface area contributed by atoms with Crippen LogP contribution in [0, 0.1) is 0 Å². The van der Waals surface area contributed by atoms with E-state index in [1.54, 1.807) is 11.3 Å². The van der Waals surface area contributed by atoms with E-state index in [0.29, 0.717) is 31.5 Å². The van der Waals surface area contributed by atoms with Gasteiger partial charge in [0.1, 0.15) is 6.04 Å². The predicted molar refractivity (Wildman–Crippen MR) is 172 cm³/mol. The number of hydrogen-bond acceptors (Lipinski definition) is 4. The Hall–Kier alpha value is -3.41. The summed E-state index contributed by atoms with van der Waals surface area (Å²) in [4.78, 5) is 17.8. The predicted octanol–water partition coefficient (Wildman–Crippen LogP) is 8.75. The molecule has 214 valence electrons.